The van der Waals surface area contributed by atoms with E-state index in [9.17, 15) is 0 Å². The quantitative estimate of drug-likeness (QED) is 0.169. The average molecular weight is 473 g/mol. The topological polar surface area (TPSA) is 0 Å². The molecule has 0 fully saturated rings. The first kappa shape index (κ1) is 25.2. The van der Waals surface area contributed by atoms with Gasteiger partial charge in [0.15, 0.2) is 0 Å². The standard InChI is InChI=1S/C35H33F/c1-3-5-7-9-31-21-25-34-33(26-31)24-23-32(35(34)36)22-20-30-18-16-29(17-19-30)15-14-28-12-10-27(11-13-28)8-6-4-2/h3-5,10-13,16-19,21,23-26H,2,6-9,14-15H2,1H3/b5-3+. The Labute approximate surface area is 215 Å². The smallest absolute Gasteiger partial charge is 0.146 e. The van der Waals surface area contributed by atoms with Gasteiger partial charge in [-0.15, -0.1) is 6.58 Å². The van der Waals surface area contributed by atoms with Gasteiger partial charge in [-0.1, -0.05) is 90.7 Å². The van der Waals surface area contributed by atoms with Crippen LogP contribution < -0.4 is 0 Å². The third-order valence-electron chi connectivity index (χ3n) is 6.51. The Kier molecular flexibility index (Phi) is 8.90. The molecule has 0 amide bonds. The summed E-state index contributed by atoms with van der Waals surface area (Å²) in [5.41, 5.74) is 6.53. The fourth-order valence-corrected chi connectivity index (χ4v) is 4.33. The molecule has 0 aliphatic heterocycles. The lowest BCUT2D eigenvalue weighted by Gasteiger charge is -2.05. The Hall–Kier alpha value is -3.89. The van der Waals surface area contributed by atoms with Crippen LogP contribution in [0.3, 0.4) is 0 Å². The molecule has 0 unspecified atom stereocenters. The van der Waals surface area contributed by atoms with Crippen molar-refractivity contribution in [3.05, 3.63) is 143 Å². The number of benzene rings is 4. The summed E-state index contributed by atoms with van der Waals surface area (Å²) in [5.74, 6) is 5.92. The number of aryl methyl sites for hydroxylation is 4. The van der Waals surface area contributed by atoms with Crippen LogP contribution in [0, 0.1) is 17.7 Å². The van der Waals surface area contributed by atoms with Gasteiger partial charge in [-0.2, -0.15) is 0 Å². The zero-order valence-electron chi connectivity index (χ0n) is 21.1. The summed E-state index contributed by atoms with van der Waals surface area (Å²) < 4.78 is 15.1. The Morgan fingerprint density at radius 1 is 0.694 bits per heavy atom. The molecule has 4 aromatic rings. The van der Waals surface area contributed by atoms with Crippen LogP contribution in [-0.4, -0.2) is 0 Å². The highest BCUT2D eigenvalue weighted by Crippen LogP contribution is 2.23. The van der Waals surface area contributed by atoms with Crippen LogP contribution in [0.2, 0.25) is 0 Å². The third kappa shape index (κ3) is 6.83. The lowest BCUT2D eigenvalue weighted by atomic mass is 10.0. The van der Waals surface area contributed by atoms with Crippen molar-refractivity contribution >= 4 is 10.8 Å². The first-order valence-electron chi connectivity index (χ1n) is 12.8. The molecule has 0 bridgehead atoms. The monoisotopic (exact) mass is 472 g/mol. The van der Waals surface area contributed by atoms with Crippen LogP contribution in [0.4, 0.5) is 4.39 Å². The first-order chi connectivity index (χ1) is 17.7. The molecular weight excluding hydrogens is 439 g/mol. The predicted octanol–water partition coefficient (Wildman–Crippen LogP) is 8.79. The van der Waals surface area contributed by atoms with E-state index in [2.05, 4.69) is 73.0 Å². The van der Waals surface area contributed by atoms with Crippen molar-refractivity contribution in [2.75, 3.05) is 0 Å². The fourth-order valence-electron chi connectivity index (χ4n) is 4.33. The minimum absolute atomic E-state index is 0.243. The first-order valence-corrected chi connectivity index (χ1v) is 12.8. The van der Waals surface area contributed by atoms with Crippen LogP contribution in [0.1, 0.15) is 53.1 Å². The van der Waals surface area contributed by atoms with E-state index in [-0.39, 0.29) is 5.82 Å². The van der Waals surface area contributed by atoms with Crippen LogP contribution in [0.15, 0.2) is 104 Å². The van der Waals surface area contributed by atoms with E-state index in [0.29, 0.717) is 10.9 Å². The maximum absolute atomic E-state index is 15.1. The van der Waals surface area contributed by atoms with E-state index < -0.39 is 0 Å². The van der Waals surface area contributed by atoms with Gasteiger partial charge in [0.1, 0.15) is 5.82 Å². The van der Waals surface area contributed by atoms with E-state index in [1.165, 1.54) is 22.3 Å². The van der Waals surface area contributed by atoms with Crippen LogP contribution in [0.25, 0.3) is 10.8 Å². The van der Waals surface area contributed by atoms with Gasteiger partial charge in [0.05, 0.1) is 5.56 Å². The summed E-state index contributed by atoms with van der Waals surface area (Å²) in [6, 6.07) is 26.9. The highest BCUT2D eigenvalue weighted by Gasteiger charge is 2.06. The predicted molar refractivity (Wildman–Crippen MR) is 152 cm³/mol. The molecule has 36 heavy (non-hydrogen) atoms. The van der Waals surface area contributed by atoms with E-state index in [4.69, 9.17) is 0 Å². The van der Waals surface area contributed by atoms with Crippen LogP contribution in [-0.2, 0) is 25.7 Å². The fraction of sp³-hybridized carbons (Fsp3) is 0.200. The van der Waals surface area contributed by atoms with Crippen molar-refractivity contribution < 1.29 is 4.39 Å². The zero-order valence-corrected chi connectivity index (χ0v) is 21.1. The molecule has 0 atom stereocenters. The molecule has 0 saturated carbocycles. The van der Waals surface area contributed by atoms with Crippen molar-refractivity contribution in [2.24, 2.45) is 0 Å². The molecule has 0 nitrogen and oxygen atoms in total. The van der Waals surface area contributed by atoms with Gasteiger partial charge in [0.25, 0.3) is 0 Å². The van der Waals surface area contributed by atoms with Crippen molar-refractivity contribution in [3.8, 4) is 11.8 Å². The summed E-state index contributed by atoms with van der Waals surface area (Å²) in [4.78, 5) is 0. The maximum atomic E-state index is 15.1. The molecule has 180 valence electrons. The largest absolute Gasteiger partial charge is 0.205 e. The minimum atomic E-state index is -0.243. The normalized spacial score (nSPS) is 10.9. The number of hydrogen-bond acceptors (Lipinski definition) is 0. The van der Waals surface area contributed by atoms with Gasteiger partial charge in [0, 0.05) is 10.9 Å². The summed E-state index contributed by atoms with van der Waals surface area (Å²) in [6.07, 6.45) is 12.2. The Morgan fingerprint density at radius 2 is 1.31 bits per heavy atom. The van der Waals surface area contributed by atoms with Gasteiger partial charge < -0.3 is 0 Å². The van der Waals surface area contributed by atoms with Gasteiger partial charge in [0.2, 0.25) is 0 Å². The maximum Gasteiger partial charge on any atom is 0.146 e. The Balaban J connectivity index is 1.38. The molecular formula is C35H33F. The second-order valence-electron chi connectivity index (χ2n) is 9.18. The second-order valence-corrected chi connectivity index (χ2v) is 9.18. The Morgan fingerprint density at radius 3 is 1.97 bits per heavy atom. The molecule has 0 aliphatic rings. The molecule has 0 N–H and O–H groups in total. The van der Waals surface area contributed by atoms with E-state index in [0.717, 1.165) is 49.5 Å². The summed E-state index contributed by atoms with van der Waals surface area (Å²) in [7, 11) is 0. The van der Waals surface area contributed by atoms with Crippen molar-refractivity contribution in [3.63, 3.8) is 0 Å². The Bertz CT molecular complexity index is 1390. The number of rotatable bonds is 9. The van der Waals surface area contributed by atoms with E-state index in [1.807, 2.05) is 43.3 Å². The van der Waals surface area contributed by atoms with Crippen LogP contribution in [0.5, 0.6) is 0 Å². The second kappa shape index (κ2) is 12.7. The number of hydrogen-bond donors (Lipinski definition) is 0. The van der Waals surface area contributed by atoms with Gasteiger partial charge in [-0.3, -0.25) is 0 Å². The zero-order chi connectivity index (χ0) is 25.2. The number of halogens is 1. The summed E-state index contributed by atoms with van der Waals surface area (Å²) >= 11 is 0. The summed E-state index contributed by atoms with van der Waals surface area (Å²) in [6.45, 7) is 5.82. The highest BCUT2D eigenvalue weighted by molar-refractivity contribution is 5.85. The van der Waals surface area contributed by atoms with Gasteiger partial charge >= 0.3 is 0 Å². The van der Waals surface area contributed by atoms with E-state index in [1.54, 1.807) is 6.07 Å². The molecule has 4 rings (SSSR count). The van der Waals surface area contributed by atoms with Crippen molar-refractivity contribution in [1.29, 1.82) is 0 Å². The van der Waals surface area contributed by atoms with Crippen molar-refractivity contribution in [2.45, 2.75) is 45.4 Å². The van der Waals surface area contributed by atoms with E-state index >= 15 is 4.39 Å². The molecule has 0 radical (unpaired) electrons. The SMILES string of the molecule is C=CCCc1ccc(CCc2ccc(C#Cc3ccc4cc(CC/C=C/C)ccc4c3F)cc2)cc1. The molecule has 0 saturated heterocycles. The van der Waals surface area contributed by atoms with Crippen molar-refractivity contribution in [1.82, 2.24) is 0 Å². The average Bonchev–Trinajstić information content (AvgIpc) is 2.92. The van der Waals surface area contributed by atoms with Gasteiger partial charge in [-0.25, -0.2) is 4.39 Å². The molecule has 0 aromatic heterocycles. The molecule has 0 spiro atoms. The lowest BCUT2D eigenvalue weighted by Crippen LogP contribution is -1.92. The number of allylic oxidation sites excluding steroid dienone is 3. The molecule has 1 heteroatoms. The third-order valence-corrected chi connectivity index (χ3v) is 6.51. The highest BCUT2D eigenvalue weighted by atomic mass is 19.1. The minimum Gasteiger partial charge on any atom is -0.205 e. The van der Waals surface area contributed by atoms with Gasteiger partial charge in [-0.05, 0) is 91.3 Å². The summed E-state index contributed by atoms with van der Waals surface area (Å²) in [5, 5.41) is 1.55. The molecule has 4 aromatic carbocycles. The molecule has 0 heterocycles. The van der Waals surface area contributed by atoms with Crippen LogP contribution >= 0.6 is 0 Å². The number of fused-ring (bicyclic) bond motifs is 1. The lowest BCUT2D eigenvalue weighted by molar-refractivity contribution is 0.636. The molecule has 0 aliphatic carbocycles.